The Morgan fingerprint density at radius 3 is 2.39 bits per heavy atom. The number of aromatic nitrogens is 2. The first-order chi connectivity index (χ1) is 14.8. The second-order valence-corrected chi connectivity index (χ2v) is 7.71. The molecule has 0 aliphatic carbocycles. The van der Waals surface area contributed by atoms with E-state index in [1.54, 1.807) is 36.1 Å². The monoisotopic (exact) mass is 421 g/mol. The molecule has 0 saturated carbocycles. The normalized spacial score (nSPS) is 11.8. The lowest BCUT2D eigenvalue weighted by Crippen LogP contribution is -2.29. The van der Waals surface area contributed by atoms with Crippen molar-refractivity contribution in [1.82, 2.24) is 9.78 Å². The molecule has 2 N–H and O–H groups in total. The van der Waals surface area contributed by atoms with Gasteiger partial charge >= 0.3 is 0 Å². The molecule has 1 amide bonds. The highest BCUT2D eigenvalue weighted by atomic mass is 19.1. The molecule has 1 heterocycles. The number of nitrogens with zero attached hydrogens (tertiary/aromatic N) is 2. The molecule has 0 radical (unpaired) electrons. The van der Waals surface area contributed by atoms with Crippen LogP contribution >= 0.6 is 0 Å². The summed E-state index contributed by atoms with van der Waals surface area (Å²) in [4.78, 5) is 12.4. The fourth-order valence-electron chi connectivity index (χ4n) is 3.47. The fraction of sp³-hybridized carbons (Fsp3) is 0.280. The number of amides is 1. The number of hydrogen-bond acceptors (Lipinski definition) is 3. The van der Waals surface area contributed by atoms with Gasteiger partial charge in [-0.05, 0) is 60.9 Å². The molecule has 6 heteroatoms. The molecule has 2 aromatic carbocycles. The Morgan fingerprint density at radius 1 is 1.13 bits per heavy atom. The summed E-state index contributed by atoms with van der Waals surface area (Å²) in [5.41, 5.74) is 3.39. The molecule has 0 atom stereocenters. The molecule has 0 aliphatic rings. The van der Waals surface area contributed by atoms with Gasteiger partial charge in [0.2, 0.25) is 5.91 Å². The Hall–Kier alpha value is -3.25. The first-order valence-corrected chi connectivity index (χ1v) is 10.4. The summed E-state index contributed by atoms with van der Waals surface area (Å²) in [6.07, 6.45) is 6.78. The molecular weight excluding hydrogens is 393 g/mol. The molecule has 5 nitrogen and oxygen atoms in total. The lowest BCUT2D eigenvalue weighted by molar-refractivity contribution is -0.111. The maximum atomic E-state index is 13.2. The summed E-state index contributed by atoms with van der Waals surface area (Å²) in [5.74, 6) is -0.567. The average Bonchev–Trinajstić information content (AvgIpc) is 3.14. The van der Waals surface area contributed by atoms with Crippen LogP contribution in [0.1, 0.15) is 37.8 Å². The summed E-state index contributed by atoms with van der Waals surface area (Å²) in [6, 6.07) is 13.7. The molecule has 1 aromatic heterocycles. The SMILES string of the molecule is CCC(O)(CC)Cc1ccc(NC(=O)C=Cc2cnn(C)c2-c2ccc(F)cc2)cc1. The van der Waals surface area contributed by atoms with Gasteiger partial charge in [-0.15, -0.1) is 0 Å². The van der Waals surface area contributed by atoms with Crippen molar-refractivity contribution in [2.75, 3.05) is 5.32 Å². The lowest BCUT2D eigenvalue weighted by atomic mass is 9.89. The highest BCUT2D eigenvalue weighted by molar-refractivity contribution is 6.02. The van der Waals surface area contributed by atoms with E-state index in [4.69, 9.17) is 0 Å². The van der Waals surface area contributed by atoms with Crippen molar-refractivity contribution < 1.29 is 14.3 Å². The van der Waals surface area contributed by atoms with Crippen molar-refractivity contribution in [2.45, 2.75) is 38.7 Å². The smallest absolute Gasteiger partial charge is 0.248 e. The number of aryl methyl sites for hydroxylation is 1. The van der Waals surface area contributed by atoms with Gasteiger partial charge in [0.15, 0.2) is 0 Å². The van der Waals surface area contributed by atoms with E-state index in [-0.39, 0.29) is 11.7 Å². The van der Waals surface area contributed by atoms with E-state index in [9.17, 15) is 14.3 Å². The molecular formula is C25H28FN3O2. The summed E-state index contributed by atoms with van der Waals surface area (Å²) >= 11 is 0. The van der Waals surface area contributed by atoms with Crippen LogP contribution in [-0.4, -0.2) is 26.4 Å². The van der Waals surface area contributed by atoms with Gasteiger partial charge in [0, 0.05) is 36.4 Å². The quantitative estimate of drug-likeness (QED) is 0.505. The maximum Gasteiger partial charge on any atom is 0.248 e. The first-order valence-electron chi connectivity index (χ1n) is 10.4. The second kappa shape index (κ2) is 9.71. The van der Waals surface area contributed by atoms with E-state index in [1.807, 2.05) is 38.1 Å². The predicted molar refractivity (Wildman–Crippen MR) is 122 cm³/mol. The van der Waals surface area contributed by atoms with E-state index in [0.29, 0.717) is 24.9 Å². The third kappa shape index (κ3) is 5.67. The fourth-order valence-corrected chi connectivity index (χ4v) is 3.47. The largest absolute Gasteiger partial charge is 0.390 e. The number of hydrogen-bond donors (Lipinski definition) is 2. The number of benzene rings is 2. The average molecular weight is 422 g/mol. The van der Waals surface area contributed by atoms with Crippen LogP contribution in [0.5, 0.6) is 0 Å². The number of carbonyl (C=O) groups excluding carboxylic acids is 1. The summed E-state index contributed by atoms with van der Waals surface area (Å²) in [7, 11) is 1.80. The first kappa shape index (κ1) is 22.4. The molecule has 0 saturated heterocycles. The number of carbonyl (C=O) groups is 1. The van der Waals surface area contributed by atoms with Gasteiger partial charge in [-0.1, -0.05) is 26.0 Å². The minimum absolute atomic E-state index is 0.264. The van der Waals surface area contributed by atoms with Crippen LogP contribution < -0.4 is 5.32 Å². The van der Waals surface area contributed by atoms with Crippen LogP contribution in [0.25, 0.3) is 17.3 Å². The van der Waals surface area contributed by atoms with Crippen molar-refractivity contribution in [2.24, 2.45) is 7.05 Å². The van der Waals surface area contributed by atoms with Gasteiger partial charge in [0.25, 0.3) is 0 Å². The molecule has 31 heavy (non-hydrogen) atoms. The van der Waals surface area contributed by atoms with Crippen LogP contribution in [0.3, 0.4) is 0 Å². The zero-order chi connectivity index (χ0) is 22.4. The Kier molecular flexibility index (Phi) is 7.02. The Labute approximate surface area is 182 Å². The molecule has 0 fully saturated rings. The standard InChI is InChI=1S/C25H28FN3O2/c1-4-25(31,5-2)16-18-6-13-22(14-7-18)28-23(30)15-10-20-17-27-29(3)24(20)19-8-11-21(26)12-9-19/h6-15,17,31H,4-5,16H2,1-3H3,(H,28,30). The van der Waals surface area contributed by atoms with E-state index >= 15 is 0 Å². The van der Waals surface area contributed by atoms with Crippen molar-refractivity contribution in [3.63, 3.8) is 0 Å². The Morgan fingerprint density at radius 2 is 1.77 bits per heavy atom. The molecule has 3 aromatic rings. The van der Waals surface area contributed by atoms with Crippen molar-refractivity contribution in [3.05, 3.63) is 77.7 Å². The van der Waals surface area contributed by atoms with Gasteiger partial charge in [-0.3, -0.25) is 9.48 Å². The summed E-state index contributed by atoms with van der Waals surface area (Å²) in [6.45, 7) is 3.96. The third-order valence-electron chi connectivity index (χ3n) is 5.57. The number of nitrogens with one attached hydrogen (secondary N) is 1. The maximum absolute atomic E-state index is 13.2. The third-order valence-corrected chi connectivity index (χ3v) is 5.57. The second-order valence-electron chi connectivity index (χ2n) is 7.71. The van der Waals surface area contributed by atoms with Crippen molar-refractivity contribution >= 4 is 17.7 Å². The van der Waals surface area contributed by atoms with Gasteiger partial charge < -0.3 is 10.4 Å². The van der Waals surface area contributed by atoms with E-state index in [1.165, 1.54) is 18.2 Å². The molecule has 0 unspecified atom stereocenters. The minimum Gasteiger partial charge on any atom is -0.390 e. The number of aliphatic hydroxyl groups is 1. The van der Waals surface area contributed by atoms with Crippen LogP contribution in [0.15, 0.2) is 60.8 Å². The minimum atomic E-state index is -0.695. The number of rotatable bonds is 8. The van der Waals surface area contributed by atoms with Crippen molar-refractivity contribution in [1.29, 1.82) is 0 Å². The molecule has 0 bridgehead atoms. The van der Waals surface area contributed by atoms with Gasteiger partial charge in [-0.25, -0.2) is 4.39 Å². The van der Waals surface area contributed by atoms with Crippen LogP contribution in [0.2, 0.25) is 0 Å². The van der Waals surface area contributed by atoms with E-state index in [2.05, 4.69) is 10.4 Å². The van der Waals surface area contributed by atoms with Gasteiger partial charge in [0.1, 0.15) is 5.82 Å². The molecule has 3 rings (SSSR count). The zero-order valence-corrected chi connectivity index (χ0v) is 18.1. The van der Waals surface area contributed by atoms with Crippen LogP contribution in [-0.2, 0) is 18.3 Å². The van der Waals surface area contributed by atoms with E-state index < -0.39 is 5.60 Å². The predicted octanol–water partition coefficient (Wildman–Crippen LogP) is 4.97. The highest BCUT2D eigenvalue weighted by Gasteiger charge is 2.22. The zero-order valence-electron chi connectivity index (χ0n) is 18.1. The van der Waals surface area contributed by atoms with Gasteiger partial charge in [-0.2, -0.15) is 5.10 Å². The summed E-state index contributed by atoms with van der Waals surface area (Å²) < 4.78 is 14.9. The number of halogens is 1. The highest BCUT2D eigenvalue weighted by Crippen LogP contribution is 2.25. The van der Waals surface area contributed by atoms with Crippen LogP contribution in [0, 0.1) is 5.82 Å². The topological polar surface area (TPSA) is 67.2 Å². The van der Waals surface area contributed by atoms with Crippen LogP contribution in [0.4, 0.5) is 10.1 Å². The summed E-state index contributed by atoms with van der Waals surface area (Å²) in [5, 5.41) is 17.6. The van der Waals surface area contributed by atoms with Gasteiger partial charge in [0.05, 0.1) is 17.5 Å². The number of anilines is 1. The van der Waals surface area contributed by atoms with E-state index in [0.717, 1.165) is 22.4 Å². The molecule has 162 valence electrons. The molecule has 0 aliphatic heterocycles. The van der Waals surface area contributed by atoms with Crippen molar-refractivity contribution in [3.8, 4) is 11.3 Å². The Bertz CT molecular complexity index is 1050. The Balaban J connectivity index is 1.67. The lowest BCUT2D eigenvalue weighted by Gasteiger charge is -2.25. The molecule has 0 spiro atoms.